The molecule has 6 heteroatoms. The summed E-state index contributed by atoms with van der Waals surface area (Å²) in [7, 11) is 0. The molecule has 106 valence electrons. The Morgan fingerprint density at radius 3 is 2.85 bits per heavy atom. The van der Waals surface area contributed by atoms with Gasteiger partial charge in [0.15, 0.2) is 5.89 Å². The number of carbonyl (C=O) groups is 2. The summed E-state index contributed by atoms with van der Waals surface area (Å²) in [5, 5.41) is 12.1. The predicted octanol–water partition coefficient (Wildman–Crippen LogP) is 1.54. The van der Waals surface area contributed by atoms with Crippen molar-refractivity contribution >= 4 is 11.9 Å². The highest BCUT2D eigenvalue weighted by Crippen LogP contribution is 2.63. The molecule has 3 atom stereocenters. The van der Waals surface area contributed by atoms with Crippen molar-refractivity contribution in [2.75, 3.05) is 0 Å². The molecule has 0 aliphatic heterocycles. The van der Waals surface area contributed by atoms with E-state index in [-0.39, 0.29) is 23.6 Å². The number of fused-ring (bicyclic) bond motifs is 1. The summed E-state index contributed by atoms with van der Waals surface area (Å²) in [6, 6.07) is -0.0631. The van der Waals surface area contributed by atoms with E-state index in [9.17, 15) is 14.7 Å². The number of nitrogens with zero attached hydrogens (tertiary/aromatic N) is 1. The molecule has 0 bridgehead atoms. The number of carbonyl (C=O) groups excluding carboxylic acids is 1. The smallest absolute Gasteiger partial charge is 0.310 e. The summed E-state index contributed by atoms with van der Waals surface area (Å²) in [5.74, 6) is 0.474. The number of hydrogen-bond acceptors (Lipinski definition) is 4. The normalized spacial score (nSPS) is 34.6. The fourth-order valence-electron chi connectivity index (χ4n) is 3.43. The molecule has 1 heterocycles. The molecule has 0 unspecified atom stereocenters. The Labute approximate surface area is 115 Å². The highest BCUT2D eigenvalue weighted by molar-refractivity contribution is 5.91. The van der Waals surface area contributed by atoms with Crippen molar-refractivity contribution in [3.63, 3.8) is 0 Å². The summed E-state index contributed by atoms with van der Waals surface area (Å²) < 4.78 is 5.45. The van der Waals surface area contributed by atoms with Crippen molar-refractivity contribution in [2.45, 2.75) is 44.1 Å². The molecular formula is C14H16N2O4. The van der Waals surface area contributed by atoms with E-state index < -0.39 is 11.4 Å². The monoisotopic (exact) mass is 276 g/mol. The van der Waals surface area contributed by atoms with Gasteiger partial charge in [-0.2, -0.15) is 0 Å². The Kier molecular flexibility index (Phi) is 2.29. The maximum absolute atomic E-state index is 12.1. The fraction of sp³-hybridized carbons (Fsp3) is 0.643. The molecule has 3 aliphatic rings. The minimum atomic E-state index is -0.727. The Morgan fingerprint density at radius 1 is 1.40 bits per heavy atom. The van der Waals surface area contributed by atoms with Crippen LogP contribution in [0.2, 0.25) is 0 Å². The molecular weight excluding hydrogens is 260 g/mol. The first-order chi connectivity index (χ1) is 9.58. The van der Waals surface area contributed by atoms with E-state index in [0.29, 0.717) is 18.2 Å². The van der Waals surface area contributed by atoms with Gasteiger partial charge in [0.2, 0.25) is 5.76 Å². The molecule has 3 fully saturated rings. The molecule has 3 aliphatic carbocycles. The van der Waals surface area contributed by atoms with Gasteiger partial charge in [0.25, 0.3) is 5.91 Å². The number of amides is 1. The topological polar surface area (TPSA) is 92.4 Å². The van der Waals surface area contributed by atoms with Gasteiger partial charge in [0, 0.05) is 12.0 Å². The lowest BCUT2D eigenvalue weighted by Gasteiger charge is -2.14. The van der Waals surface area contributed by atoms with Crippen LogP contribution in [0.15, 0.2) is 10.6 Å². The second-order valence-electron chi connectivity index (χ2n) is 6.31. The molecule has 0 spiro atoms. The van der Waals surface area contributed by atoms with Gasteiger partial charge in [-0.1, -0.05) is 0 Å². The van der Waals surface area contributed by atoms with Gasteiger partial charge >= 0.3 is 5.97 Å². The number of aromatic nitrogens is 1. The van der Waals surface area contributed by atoms with E-state index in [1.165, 1.54) is 6.20 Å². The molecule has 0 radical (unpaired) electrons. The molecule has 4 rings (SSSR count). The summed E-state index contributed by atoms with van der Waals surface area (Å²) >= 11 is 0. The molecule has 20 heavy (non-hydrogen) atoms. The lowest BCUT2D eigenvalue weighted by atomic mass is 10.0. The number of carboxylic acid groups (broad SMARTS) is 1. The average molecular weight is 276 g/mol. The number of rotatable bonds is 4. The van der Waals surface area contributed by atoms with Crippen LogP contribution in [-0.4, -0.2) is 28.0 Å². The van der Waals surface area contributed by atoms with Gasteiger partial charge in [-0.05, 0) is 38.0 Å². The lowest BCUT2D eigenvalue weighted by molar-refractivity contribution is -0.143. The van der Waals surface area contributed by atoms with Crippen molar-refractivity contribution < 1.29 is 19.1 Å². The Morgan fingerprint density at radius 2 is 2.20 bits per heavy atom. The standard InChI is InChI=1S/C14H16N2O4/c17-11(10-6-15-12(20-10)7-1-2-7)16-9-3-8-4-14(8,5-9)13(18)19/h6-9H,1-5H2,(H,16,17)(H,18,19)/t8-,9+,14+/m1/s1. The molecule has 0 aromatic carbocycles. The number of nitrogens with one attached hydrogen (secondary N) is 1. The summed E-state index contributed by atoms with van der Waals surface area (Å²) in [4.78, 5) is 27.4. The van der Waals surface area contributed by atoms with Gasteiger partial charge < -0.3 is 14.8 Å². The summed E-state index contributed by atoms with van der Waals surface area (Å²) in [6.45, 7) is 0. The van der Waals surface area contributed by atoms with E-state index in [0.717, 1.165) is 25.7 Å². The van der Waals surface area contributed by atoms with E-state index in [2.05, 4.69) is 10.3 Å². The van der Waals surface area contributed by atoms with Crippen LogP contribution >= 0.6 is 0 Å². The van der Waals surface area contributed by atoms with Crippen molar-refractivity contribution in [1.29, 1.82) is 0 Å². The van der Waals surface area contributed by atoms with Crippen LogP contribution in [0.1, 0.15) is 54.5 Å². The van der Waals surface area contributed by atoms with Gasteiger partial charge in [-0.25, -0.2) is 4.98 Å². The first-order valence-electron chi connectivity index (χ1n) is 7.08. The van der Waals surface area contributed by atoms with Crippen molar-refractivity contribution in [2.24, 2.45) is 11.3 Å². The van der Waals surface area contributed by atoms with Gasteiger partial charge in [-0.15, -0.1) is 0 Å². The van der Waals surface area contributed by atoms with Gasteiger partial charge in [0.05, 0.1) is 11.6 Å². The first-order valence-corrected chi connectivity index (χ1v) is 7.08. The minimum absolute atomic E-state index is 0.0631. The Balaban J connectivity index is 1.39. The van der Waals surface area contributed by atoms with Crippen LogP contribution in [-0.2, 0) is 4.79 Å². The molecule has 1 aromatic rings. The quantitative estimate of drug-likeness (QED) is 0.870. The minimum Gasteiger partial charge on any atom is -0.481 e. The number of aliphatic carboxylic acids is 1. The third kappa shape index (κ3) is 1.74. The Hall–Kier alpha value is -1.85. The van der Waals surface area contributed by atoms with Crippen LogP contribution in [0, 0.1) is 11.3 Å². The van der Waals surface area contributed by atoms with Gasteiger partial charge in [0.1, 0.15) is 0 Å². The fourth-order valence-corrected chi connectivity index (χ4v) is 3.43. The second kappa shape index (κ2) is 3.84. The maximum Gasteiger partial charge on any atom is 0.310 e. The highest BCUT2D eigenvalue weighted by atomic mass is 16.4. The average Bonchev–Trinajstić information content (AvgIpc) is 3.29. The van der Waals surface area contributed by atoms with Crippen LogP contribution in [0.4, 0.5) is 0 Å². The van der Waals surface area contributed by atoms with Crippen LogP contribution in [0.5, 0.6) is 0 Å². The van der Waals surface area contributed by atoms with Crippen LogP contribution in [0.25, 0.3) is 0 Å². The van der Waals surface area contributed by atoms with Crippen LogP contribution in [0.3, 0.4) is 0 Å². The second-order valence-corrected chi connectivity index (χ2v) is 6.31. The SMILES string of the molecule is O=C(N[C@H]1C[C@@H]2C[C@]2(C(=O)O)C1)c1cnc(C2CC2)o1. The third-order valence-corrected chi connectivity index (χ3v) is 4.85. The molecule has 0 saturated heterocycles. The zero-order chi connectivity index (χ0) is 13.9. The molecule has 1 amide bonds. The lowest BCUT2D eigenvalue weighted by Crippen LogP contribution is -2.34. The van der Waals surface area contributed by atoms with E-state index in [1.807, 2.05) is 0 Å². The molecule has 6 nitrogen and oxygen atoms in total. The predicted molar refractivity (Wildman–Crippen MR) is 67.1 cm³/mol. The Bertz CT molecular complexity index is 592. The maximum atomic E-state index is 12.1. The van der Waals surface area contributed by atoms with E-state index >= 15 is 0 Å². The van der Waals surface area contributed by atoms with Gasteiger partial charge in [-0.3, -0.25) is 9.59 Å². The summed E-state index contributed by atoms with van der Waals surface area (Å²) in [5.41, 5.74) is -0.571. The van der Waals surface area contributed by atoms with E-state index in [1.54, 1.807) is 0 Å². The van der Waals surface area contributed by atoms with Crippen molar-refractivity contribution in [3.05, 3.63) is 17.8 Å². The number of hydrogen-bond donors (Lipinski definition) is 2. The summed E-state index contributed by atoms with van der Waals surface area (Å²) in [6.07, 6.45) is 5.65. The third-order valence-electron chi connectivity index (χ3n) is 4.85. The molecule has 2 N–H and O–H groups in total. The van der Waals surface area contributed by atoms with Crippen molar-refractivity contribution in [1.82, 2.24) is 10.3 Å². The zero-order valence-electron chi connectivity index (χ0n) is 11.0. The zero-order valence-corrected chi connectivity index (χ0v) is 11.0. The first kappa shape index (κ1) is 11.9. The van der Waals surface area contributed by atoms with Crippen LogP contribution < -0.4 is 5.32 Å². The highest BCUT2D eigenvalue weighted by Gasteiger charge is 2.65. The number of oxazole rings is 1. The van der Waals surface area contributed by atoms with Crippen molar-refractivity contribution in [3.8, 4) is 0 Å². The largest absolute Gasteiger partial charge is 0.481 e. The van der Waals surface area contributed by atoms with E-state index in [4.69, 9.17) is 4.42 Å². The molecule has 1 aromatic heterocycles. The number of carboxylic acids is 1. The molecule has 3 saturated carbocycles.